The first-order chi connectivity index (χ1) is 16.1. The zero-order valence-corrected chi connectivity index (χ0v) is 19.6. The van der Waals surface area contributed by atoms with Gasteiger partial charge in [-0.1, -0.05) is 23.7 Å². The molecular weight excluding hydrogens is 436 g/mol. The van der Waals surface area contributed by atoms with E-state index in [1.807, 2.05) is 73.7 Å². The van der Waals surface area contributed by atoms with Crippen molar-refractivity contribution in [1.29, 1.82) is 0 Å². The van der Waals surface area contributed by atoms with Gasteiger partial charge in [-0.15, -0.1) is 0 Å². The molecule has 0 fully saturated rings. The molecule has 0 unspecified atom stereocenters. The van der Waals surface area contributed by atoms with E-state index in [2.05, 4.69) is 0 Å². The molecule has 6 heteroatoms. The Bertz CT molecular complexity index is 1300. The zero-order valence-electron chi connectivity index (χ0n) is 18.9. The predicted octanol–water partition coefficient (Wildman–Crippen LogP) is 6.28. The maximum atomic E-state index is 13.3. The summed E-state index contributed by atoms with van der Waals surface area (Å²) in [4.78, 5) is 18.1. The molecular formula is C27H27ClN2O3. The number of halogens is 1. The Hall–Kier alpha value is -3.31. The highest BCUT2D eigenvalue weighted by Gasteiger charge is 2.13. The molecule has 0 saturated heterocycles. The number of unbranched alkanes of at least 4 members (excludes halogenated alkanes) is 2. The minimum atomic E-state index is -0.0145. The van der Waals surface area contributed by atoms with Crippen molar-refractivity contribution in [2.75, 3.05) is 13.7 Å². The molecule has 4 aromatic rings. The van der Waals surface area contributed by atoms with E-state index >= 15 is 0 Å². The predicted molar refractivity (Wildman–Crippen MR) is 134 cm³/mol. The molecule has 0 N–H and O–H groups in total. The topological polar surface area (TPSA) is 53.3 Å². The lowest BCUT2D eigenvalue weighted by Crippen LogP contribution is -2.23. The normalized spacial score (nSPS) is 11.0. The van der Waals surface area contributed by atoms with Gasteiger partial charge in [-0.3, -0.25) is 9.36 Å². The van der Waals surface area contributed by atoms with Gasteiger partial charge < -0.3 is 9.47 Å². The molecule has 0 spiro atoms. The summed E-state index contributed by atoms with van der Waals surface area (Å²) in [5.41, 5.74) is 2.58. The maximum Gasteiger partial charge on any atom is 0.261 e. The molecule has 33 heavy (non-hydrogen) atoms. The Morgan fingerprint density at radius 1 is 0.939 bits per heavy atom. The summed E-state index contributed by atoms with van der Waals surface area (Å²) in [6.45, 7) is 3.18. The fourth-order valence-electron chi connectivity index (χ4n) is 3.78. The summed E-state index contributed by atoms with van der Waals surface area (Å²) in [6, 6.07) is 20.8. The number of ether oxygens (including phenoxy) is 2. The van der Waals surface area contributed by atoms with Crippen molar-refractivity contribution >= 4 is 22.5 Å². The second-order valence-electron chi connectivity index (χ2n) is 7.96. The standard InChI is InChI=1S/C27H27ClN2O3/c1-19-18-22(14-15-24(19)28)33-17-7-3-6-16-30-26(20-10-12-21(32-2)13-11-20)29-25-9-5-4-8-23(25)27(30)31/h4-5,8-15,18H,3,6-7,16-17H2,1-2H3. The molecule has 4 rings (SSSR count). The minimum absolute atomic E-state index is 0.0145. The number of benzene rings is 3. The third-order valence-electron chi connectivity index (χ3n) is 5.63. The highest BCUT2D eigenvalue weighted by atomic mass is 35.5. The van der Waals surface area contributed by atoms with Crippen LogP contribution in [-0.4, -0.2) is 23.3 Å². The van der Waals surface area contributed by atoms with Crippen LogP contribution in [0.4, 0.5) is 0 Å². The lowest BCUT2D eigenvalue weighted by Gasteiger charge is -2.14. The summed E-state index contributed by atoms with van der Waals surface area (Å²) < 4.78 is 12.9. The van der Waals surface area contributed by atoms with Gasteiger partial charge in [0, 0.05) is 17.1 Å². The van der Waals surface area contributed by atoms with Crippen LogP contribution in [0, 0.1) is 6.92 Å². The van der Waals surface area contributed by atoms with Crippen LogP contribution in [0.5, 0.6) is 11.5 Å². The van der Waals surface area contributed by atoms with E-state index in [-0.39, 0.29) is 5.56 Å². The highest BCUT2D eigenvalue weighted by Crippen LogP contribution is 2.23. The van der Waals surface area contributed by atoms with Crippen LogP contribution in [0.15, 0.2) is 71.5 Å². The van der Waals surface area contributed by atoms with E-state index in [0.717, 1.165) is 46.9 Å². The van der Waals surface area contributed by atoms with Crippen molar-refractivity contribution in [2.45, 2.75) is 32.7 Å². The molecule has 1 heterocycles. The number of aromatic nitrogens is 2. The van der Waals surface area contributed by atoms with Gasteiger partial charge in [0.25, 0.3) is 5.56 Å². The number of para-hydroxylation sites is 1. The third kappa shape index (κ3) is 5.37. The first-order valence-electron chi connectivity index (χ1n) is 11.1. The summed E-state index contributed by atoms with van der Waals surface area (Å²) >= 11 is 6.07. The summed E-state index contributed by atoms with van der Waals surface area (Å²) in [7, 11) is 1.64. The number of methoxy groups -OCH3 is 1. The van der Waals surface area contributed by atoms with Crippen molar-refractivity contribution in [3.8, 4) is 22.9 Å². The lowest BCUT2D eigenvalue weighted by atomic mass is 10.1. The number of nitrogens with zero attached hydrogens (tertiary/aromatic N) is 2. The molecule has 0 aliphatic carbocycles. The molecule has 5 nitrogen and oxygen atoms in total. The van der Waals surface area contributed by atoms with Gasteiger partial charge in [-0.05, 0) is 86.3 Å². The molecule has 3 aromatic carbocycles. The van der Waals surface area contributed by atoms with Crippen molar-refractivity contribution < 1.29 is 9.47 Å². The van der Waals surface area contributed by atoms with E-state index in [4.69, 9.17) is 26.1 Å². The molecule has 0 atom stereocenters. The lowest BCUT2D eigenvalue weighted by molar-refractivity contribution is 0.303. The van der Waals surface area contributed by atoms with Crippen LogP contribution >= 0.6 is 11.6 Å². The second-order valence-corrected chi connectivity index (χ2v) is 8.37. The highest BCUT2D eigenvalue weighted by molar-refractivity contribution is 6.31. The van der Waals surface area contributed by atoms with Gasteiger partial charge in [-0.2, -0.15) is 0 Å². The first-order valence-corrected chi connectivity index (χ1v) is 11.5. The van der Waals surface area contributed by atoms with Crippen LogP contribution < -0.4 is 15.0 Å². The van der Waals surface area contributed by atoms with Gasteiger partial charge in [-0.25, -0.2) is 4.98 Å². The minimum Gasteiger partial charge on any atom is -0.497 e. The van der Waals surface area contributed by atoms with Crippen LogP contribution in [0.2, 0.25) is 5.02 Å². The van der Waals surface area contributed by atoms with E-state index in [9.17, 15) is 4.79 Å². The summed E-state index contributed by atoms with van der Waals surface area (Å²) in [6.07, 6.45) is 2.69. The molecule has 0 saturated carbocycles. The first kappa shape index (κ1) is 22.9. The van der Waals surface area contributed by atoms with Crippen molar-refractivity contribution in [2.24, 2.45) is 0 Å². The van der Waals surface area contributed by atoms with E-state index in [1.165, 1.54) is 0 Å². The Balaban J connectivity index is 1.46. The van der Waals surface area contributed by atoms with Crippen LogP contribution in [0.3, 0.4) is 0 Å². The molecule has 0 aliphatic heterocycles. The molecule has 1 aromatic heterocycles. The van der Waals surface area contributed by atoms with Crippen molar-refractivity contribution in [1.82, 2.24) is 9.55 Å². The molecule has 0 aliphatic rings. The number of aryl methyl sites for hydroxylation is 1. The summed E-state index contributed by atoms with van der Waals surface area (Å²) in [5.74, 6) is 2.27. The quantitative estimate of drug-likeness (QED) is 0.274. The molecule has 170 valence electrons. The number of hydrogen-bond donors (Lipinski definition) is 0. The van der Waals surface area contributed by atoms with E-state index in [1.54, 1.807) is 11.7 Å². The monoisotopic (exact) mass is 462 g/mol. The second kappa shape index (κ2) is 10.5. The smallest absolute Gasteiger partial charge is 0.261 e. The van der Waals surface area contributed by atoms with Gasteiger partial charge in [0.1, 0.15) is 17.3 Å². The maximum absolute atomic E-state index is 13.3. The Kier molecular flexibility index (Phi) is 7.30. The molecule has 0 amide bonds. The van der Waals surface area contributed by atoms with Gasteiger partial charge in [0.05, 0.1) is 24.6 Å². The van der Waals surface area contributed by atoms with Crippen LogP contribution in [-0.2, 0) is 6.54 Å². The van der Waals surface area contributed by atoms with Crippen LogP contribution in [0.1, 0.15) is 24.8 Å². The SMILES string of the molecule is COc1ccc(-c2nc3ccccc3c(=O)n2CCCCCOc2ccc(Cl)c(C)c2)cc1. The van der Waals surface area contributed by atoms with Crippen molar-refractivity contribution in [3.05, 3.63) is 87.7 Å². The number of hydrogen-bond acceptors (Lipinski definition) is 4. The number of fused-ring (bicyclic) bond motifs is 1. The molecule has 0 radical (unpaired) electrons. The Morgan fingerprint density at radius 2 is 1.70 bits per heavy atom. The zero-order chi connectivity index (χ0) is 23.2. The largest absolute Gasteiger partial charge is 0.497 e. The summed E-state index contributed by atoms with van der Waals surface area (Å²) in [5, 5.41) is 1.38. The van der Waals surface area contributed by atoms with Crippen molar-refractivity contribution in [3.63, 3.8) is 0 Å². The average Bonchev–Trinajstić information content (AvgIpc) is 2.84. The Morgan fingerprint density at radius 3 is 2.45 bits per heavy atom. The fraction of sp³-hybridized carbons (Fsp3) is 0.259. The fourth-order valence-corrected chi connectivity index (χ4v) is 3.90. The van der Waals surface area contributed by atoms with Gasteiger partial charge in [0.2, 0.25) is 0 Å². The van der Waals surface area contributed by atoms with E-state index < -0.39 is 0 Å². The van der Waals surface area contributed by atoms with Gasteiger partial charge in [0.15, 0.2) is 0 Å². The average molecular weight is 463 g/mol. The van der Waals surface area contributed by atoms with E-state index in [0.29, 0.717) is 29.9 Å². The van der Waals surface area contributed by atoms with Crippen LogP contribution in [0.25, 0.3) is 22.3 Å². The molecule has 0 bridgehead atoms. The third-order valence-corrected chi connectivity index (χ3v) is 6.06. The number of rotatable bonds is 9. The van der Waals surface area contributed by atoms with Gasteiger partial charge >= 0.3 is 0 Å². The Labute approximate surface area is 198 Å².